The molecule has 0 saturated heterocycles. The highest BCUT2D eigenvalue weighted by Gasteiger charge is 2.05. The molecule has 0 atom stereocenters. The highest BCUT2D eigenvalue weighted by molar-refractivity contribution is 5.83. The molecule has 0 aliphatic heterocycles. The van der Waals surface area contributed by atoms with Crippen LogP contribution < -0.4 is 0 Å². The zero-order valence-electron chi connectivity index (χ0n) is 11.5. The van der Waals surface area contributed by atoms with Crippen molar-refractivity contribution < 1.29 is 0 Å². The number of rotatable bonds is 3. The minimum atomic E-state index is 0.656. The summed E-state index contributed by atoms with van der Waals surface area (Å²) in [6, 6.07) is 11.5. The molecule has 0 aliphatic carbocycles. The highest BCUT2D eigenvalue weighted by Crippen LogP contribution is 2.16. The lowest BCUT2D eigenvalue weighted by Crippen LogP contribution is -1.99. The van der Waals surface area contributed by atoms with E-state index < -0.39 is 0 Å². The predicted octanol–water partition coefficient (Wildman–Crippen LogP) is 3.75. The number of aliphatic imine (C=N–C) groups is 1. The van der Waals surface area contributed by atoms with E-state index in [0.717, 1.165) is 17.8 Å². The maximum Gasteiger partial charge on any atom is 0.0991 e. The second kappa shape index (κ2) is 5.53. The van der Waals surface area contributed by atoms with Gasteiger partial charge in [0.05, 0.1) is 17.3 Å². The lowest BCUT2D eigenvalue weighted by molar-refractivity contribution is 0.718. The van der Waals surface area contributed by atoms with Crippen molar-refractivity contribution in [3.63, 3.8) is 0 Å². The molecule has 0 spiro atoms. The fraction of sp³-hybridized carbons (Fsp3) is 0.250. The summed E-state index contributed by atoms with van der Waals surface area (Å²) in [5.74, 6) is 0. The van der Waals surface area contributed by atoms with E-state index in [1.165, 1.54) is 11.4 Å². The maximum absolute atomic E-state index is 8.74. The molecule has 2 rings (SSSR count). The van der Waals surface area contributed by atoms with Gasteiger partial charge in [-0.3, -0.25) is 4.99 Å². The van der Waals surface area contributed by atoms with Crippen molar-refractivity contribution in [1.29, 1.82) is 5.26 Å². The molecule has 0 aliphatic rings. The molecule has 0 N–H and O–H groups in total. The van der Waals surface area contributed by atoms with Crippen LogP contribution in [0.5, 0.6) is 0 Å². The Hall–Kier alpha value is -2.34. The van der Waals surface area contributed by atoms with Gasteiger partial charge < -0.3 is 4.57 Å². The van der Waals surface area contributed by atoms with E-state index in [4.69, 9.17) is 5.26 Å². The fourth-order valence-electron chi connectivity index (χ4n) is 2.21. The molecule has 0 amide bonds. The van der Waals surface area contributed by atoms with Gasteiger partial charge in [0.2, 0.25) is 0 Å². The molecule has 0 saturated carbocycles. The first kappa shape index (κ1) is 13.1. The molecule has 19 heavy (non-hydrogen) atoms. The van der Waals surface area contributed by atoms with Crippen LogP contribution >= 0.6 is 0 Å². The van der Waals surface area contributed by atoms with Crippen molar-refractivity contribution in [3.05, 3.63) is 52.8 Å². The number of hydrogen-bond donors (Lipinski definition) is 0. The van der Waals surface area contributed by atoms with Crippen LogP contribution in [0.25, 0.3) is 0 Å². The minimum absolute atomic E-state index is 0.656. The lowest BCUT2D eigenvalue weighted by Gasteiger charge is -2.04. The molecular weight excluding hydrogens is 234 g/mol. The average molecular weight is 251 g/mol. The van der Waals surface area contributed by atoms with Crippen LogP contribution in [-0.4, -0.2) is 10.8 Å². The zero-order chi connectivity index (χ0) is 13.8. The number of nitrogens with zero attached hydrogens (tertiary/aromatic N) is 3. The molecule has 2 aromatic rings. The van der Waals surface area contributed by atoms with E-state index in [9.17, 15) is 0 Å². The van der Waals surface area contributed by atoms with E-state index in [0.29, 0.717) is 5.56 Å². The number of nitriles is 1. The van der Waals surface area contributed by atoms with Gasteiger partial charge in [-0.1, -0.05) is 0 Å². The molecule has 0 bridgehead atoms. The van der Waals surface area contributed by atoms with E-state index in [2.05, 4.69) is 42.5 Å². The van der Waals surface area contributed by atoms with Gasteiger partial charge in [-0.2, -0.15) is 5.26 Å². The van der Waals surface area contributed by atoms with E-state index >= 15 is 0 Å². The molecule has 3 heteroatoms. The Balaban J connectivity index is 2.25. The number of aryl methyl sites for hydroxylation is 1. The van der Waals surface area contributed by atoms with Crippen LogP contribution in [0.1, 0.15) is 29.4 Å². The highest BCUT2D eigenvalue weighted by atomic mass is 15.0. The summed E-state index contributed by atoms with van der Waals surface area (Å²) >= 11 is 0. The zero-order valence-corrected chi connectivity index (χ0v) is 11.5. The van der Waals surface area contributed by atoms with Gasteiger partial charge in [0.15, 0.2) is 0 Å². The van der Waals surface area contributed by atoms with Crippen LogP contribution in [0, 0.1) is 25.2 Å². The largest absolute Gasteiger partial charge is 0.349 e. The van der Waals surface area contributed by atoms with Gasteiger partial charge in [-0.15, -0.1) is 0 Å². The predicted molar refractivity (Wildman–Crippen MR) is 78.0 cm³/mol. The van der Waals surface area contributed by atoms with Gasteiger partial charge >= 0.3 is 0 Å². The smallest absolute Gasteiger partial charge is 0.0991 e. The topological polar surface area (TPSA) is 41.1 Å². The standard InChI is InChI=1S/C16H17N3/c1-4-19-12(2)9-15(13(19)3)11-18-16-7-5-14(10-17)6-8-16/h5-9,11H,4H2,1-3H3. The van der Waals surface area contributed by atoms with Gasteiger partial charge in [0, 0.05) is 29.7 Å². The Kier molecular flexibility index (Phi) is 3.82. The first-order valence-corrected chi connectivity index (χ1v) is 6.36. The summed E-state index contributed by atoms with van der Waals surface area (Å²) in [4.78, 5) is 4.45. The molecular formula is C16H17N3. The van der Waals surface area contributed by atoms with Gasteiger partial charge in [0.1, 0.15) is 0 Å². The second-order valence-corrected chi connectivity index (χ2v) is 4.49. The van der Waals surface area contributed by atoms with Crippen molar-refractivity contribution in [3.8, 4) is 6.07 Å². The first-order valence-electron chi connectivity index (χ1n) is 6.36. The molecule has 0 unspecified atom stereocenters. The SMILES string of the molecule is CCn1c(C)cc(C=Nc2ccc(C#N)cc2)c1C. The van der Waals surface area contributed by atoms with Gasteiger partial charge in [-0.05, 0) is 51.1 Å². The molecule has 1 aromatic heterocycles. The second-order valence-electron chi connectivity index (χ2n) is 4.49. The molecule has 96 valence electrons. The minimum Gasteiger partial charge on any atom is -0.349 e. The van der Waals surface area contributed by atoms with Gasteiger partial charge in [0.25, 0.3) is 0 Å². The molecule has 0 fully saturated rings. The van der Waals surface area contributed by atoms with Crippen molar-refractivity contribution in [2.24, 2.45) is 4.99 Å². The Bertz CT molecular complexity index is 640. The summed E-state index contributed by atoms with van der Waals surface area (Å²) in [7, 11) is 0. The molecule has 1 heterocycles. The monoisotopic (exact) mass is 251 g/mol. The van der Waals surface area contributed by atoms with E-state index in [1.54, 1.807) is 12.1 Å². The summed E-state index contributed by atoms with van der Waals surface area (Å²) in [6.45, 7) is 7.33. The Morgan fingerprint density at radius 2 is 1.95 bits per heavy atom. The lowest BCUT2D eigenvalue weighted by atomic mass is 10.2. The van der Waals surface area contributed by atoms with Crippen LogP contribution in [0.3, 0.4) is 0 Å². The van der Waals surface area contributed by atoms with Crippen LogP contribution in [0.15, 0.2) is 35.3 Å². The molecule has 0 radical (unpaired) electrons. The van der Waals surface area contributed by atoms with Crippen LogP contribution in [0.4, 0.5) is 5.69 Å². The number of hydrogen-bond acceptors (Lipinski definition) is 2. The van der Waals surface area contributed by atoms with Crippen molar-refractivity contribution in [2.45, 2.75) is 27.3 Å². The quantitative estimate of drug-likeness (QED) is 0.766. The average Bonchev–Trinajstić information content (AvgIpc) is 2.71. The fourth-order valence-corrected chi connectivity index (χ4v) is 2.21. The first-order chi connectivity index (χ1) is 9.15. The molecule has 1 aromatic carbocycles. The third-order valence-corrected chi connectivity index (χ3v) is 3.28. The summed E-state index contributed by atoms with van der Waals surface area (Å²) < 4.78 is 2.26. The number of benzene rings is 1. The van der Waals surface area contributed by atoms with Crippen LogP contribution in [-0.2, 0) is 6.54 Å². The normalized spacial score (nSPS) is 10.8. The maximum atomic E-state index is 8.74. The van der Waals surface area contributed by atoms with Crippen molar-refractivity contribution >= 4 is 11.9 Å². The summed E-state index contributed by atoms with van der Waals surface area (Å²) in [5.41, 5.74) is 5.14. The van der Waals surface area contributed by atoms with Crippen molar-refractivity contribution in [2.75, 3.05) is 0 Å². The van der Waals surface area contributed by atoms with Crippen LogP contribution in [0.2, 0.25) is 0 Å². The Morgan fingerprint density at radius 3 is 2.47 bits per heavy atom. The van der Waals surface area contributed by atoms with Crippen molar-refractivity contribution in [1.82, 2.24) is 4.57 Å². The Morgan fingerprint density at radius 1 is 1.26 bits per heavy atom. The Labute approximate surface area is 113 Å². The van der Waals surface area contributed by atoms with E-state index in [1.807, 2.05) is 18.3 Å². The van der Waals surface area contributed by atoms with Gasteiger partial charge in [-0.25, -0.2) is 0 Å². The number of aromatic nitrogens is 1. The summed E-state index contributed by atoms with van der Waals surface area (Å²) in [6.07, 6.45) is 1.88. The third-order valence-electron chi connectivity index (χ3n) is 3.28. The van der Waals surface area contributed by atoms with E-state index in [-0.39, 0.29) is 0 Å². The summed E-state index contributed by atoms with van der Waals surface area (Å²) in [5, 5.41) is 8.74. The molecule has 3 nitrogen and oxygen atoms in total. The third kappa shape index (κ3) is 2.74.